The third kappa shape index (κ3) is 3.84. The van der Waals surface area contributed by atoms with Gasteiger partial charge in [-0.3, -0.25) is 0 Å². The normalized spacial score (nSPS) is 23.1. The summed E-state index contributed by atoms with van der Waals surface area (Å²) in [5, 5.41) is 0. The van der Waals surface area contributed by atoms with E-state index in [9.17, 15) is 9.59 Å². The summed E-state index contributed by atoms with van der Waals surface area (Å²) in [6.07, 6.45) is 5.63. The van der Waals surface area contributed by atoms with Crippen molar-refractivity contribution < 1.29 is 23.8 Å². The predicted molar refractivity (Wildman–Crippen MR) is 64.9 cm³/mol. The van der Waals surface area contributed by atoms with E-state index in [2.05, 4.69) is 9.47 Å². The second-order valence-electron chi connectivity index (χ2n) is 4.34. The molecule has 0 aliphatic heterocycles. The van der Waals surface area contributed by atoms with E-state index in [1.807, 2.05) is 0 Å². The van der Waals surface area contributed by atoms with Crippen molar-refractivity contribution in [2.75, 3.05) is 21.3 Å². The van der Waals surface area contributed by atoms with Crippen LogP contribution in [0.1, 0.15) is 25.7 Å². The number of allylic oxidation sites excluding steroid dienone is 1. The standard InChI is InChI=1S/C13H20O5/c1-16-10-6-4-9(5-7-10)8-11(12(14)17-2)13(15)18-3/h8-10H,4-7H2,1-3H3. The second-order valence-corrected chi connectivity index (χ2v) is 4.34. The maximum absolute atomic E-state index is 11.5. The van der Waals surface area contributed by atoms with Crippen LogP contribution in [0.25, 0.3) is 0 Å². The highest BCUT2D eigenvalue weighted by molar-refractivity contribution is 6.13. The first-order valence-corrected chi connectivity index (χ1v) is 6.03. The van der Waals surface area contributed by atoms with Crippen molar-refractivity contribution in [3.05, 3.63) is 11.6 Å². The van der Waals surface area contributed by atoms with Crippen molar-refractivity contribution >= 4 is 11.9 Å². The van der Waals surface area contributed by atoms with Crippen molar-refractivity contribution in [1.29, 1.82) is 0 Å². The summed E-state index contributed by atoms with van der Waals surface area (Å²) >= 11 is 0. The Bertz CT molecular complexity index is 308. The van der Waals surface area contributed by atoms with Gasteiger partial charge in [-0.25, -0.2) is 9.59 Å². The molecule has 0 unspecified atom stereocenters. The van der Waals surface area contributed by atoms with Crippen molar-refractivity contribution in [2.24, 2.45) is 5.92 Å². The molecule has 18 heavy (non-hydrogen) atoms. The monoisotopic (exact) mass is 256 g/mol. The Morgan fingerprint density at radius 2 is 1.44 bits per heavy atom. The fourth-order valence-corrected chi connectivity index (χ4v) is 2.17. The Morgan fingerprint density at radius 3 is 1.83 bits per heavy atom. The summed E-state index contributed by atoms with van der Waals surface area (Å²) in [5.74, 6) is -1.09. The van der Waals surface area contributed by atoms with Gasteiger partial charge in [0.25, 0.3) is 0 Å². The lowest BCUT2D eigenvalue weighted by molar-refractivity contribution is -0.144. The van der Waals surface area contributed by atoms with Crippen LogP contribution in [0.5, 0.6) is 0 Å². The Morgan fingerprint density at radius 1 is 0.944 bits per heavy atom. The Labute approximate surface area is 107 Å². The van der Waals surface area contributed by atoms with Crippen LogP contribution in [-0.2, 0) is 23.8 Å². The highest BCUT2D eigenvalue weighted by atomic mass is 16.5. The summed E-state index contributed by atoms with van der Waals surface area (Å²) < 4.78 is 14.5. The summed E-state index contributed by atoms with van der Waals surface area (Å²) in [6, 6.07) is 0. The average Bonchev–Trinajstić information content (AvgIpc) is 2.43. The van der Waals surface area contributed by atoms with Crippen LogP contribution in [0.4, 0.5) is 0 Å². The van der Waals surface area contributed by atoms with Crippen LogP contribution < -0.4 is 0 Å². The molecule has 0 aromatic carbocycles. The molecule has 5 heteroatoms. The number of carbonyl (C=O) groups excluding carboxylic acids is 2. The molecule has 0 amide bonds. The third-order valence-electron chi connectivity index (χ3n) is 3.27. The molecule has 0 aromatic rings. The molecule has 1 fully saturated rings. The Kier molecular flexibility index (Phi) is 5.85. The van der Waals surface area contributed by atoms with Gasteiger partial charge in [-0.15, -0.1) is 0 Å². The zero-order valence-electron chi connectivity index (χ0n) is 11.1. The zero-order chi connectivity index (χ0) is 13.5. The van der Waals surface area contributed by atoms with Crippen molar-refractivity contribution in [3.8, 4) is 0 Å². The molecule has 0 aromatic heterocycles. The molecule has 0 saturated heterocycles. The average molecular weight is 256 g/mol. The topological polar surface area (TPSA) is 61.8 Å². The molecule has 0 heterocycles. The van der Waals surface area contributed by atoms with Gasteiger partial charge in [0, 0.05) is 7.11 Å². The predicted octanol–water partition coefficient (Wildman–Crippen LogP) is 1.46. The van der Waals surface area contributed by atoms with Crippen molar-refractivity contribution in [3.63, 3.8) is 0 Å². The van der Waals surface area contributed by atoms with E-state index in [1.165, 1.54) is 14.2 Å². The van der Waals surface area contributed by atoms with Crippen molar-refractivity contribution in [2.45, 2.75) is 31.8 Å². The van der Waals surface area contributed by atoms with Crippen LogP contribution >= 0.6 is 0 Å². The molecule has 1 rings (SSSR count). The first-order valence-electron chi connectivity index (χ1n) is 6.03. The SMILES string of the molecule is COC(=O)C(=CC1CCC(OC)CC1)C(=O)OC. The zero-order valence-corrected chi connectivity index (χ0v) is 11.1. The molecule has 1 aliphatic rings. The number of hydrogen-bond donors (Lipinski definition) is 0. The van der Waals surface area contributed by atoms with Crippen molar-refractivity contribution in [1.82, 2.24) is 0 Å². The number of esters is 2. The molecule has 102 valence electrons. The number of hydrogen-bond acceptors (Lipinski definition) is 5. The molecule has 0 N–H and O–H groups in total. The van der Waals surface area contributed by atoms with Gasteiger partial charge in [0.1, 0.15) is 5.57 Å². The molecular formula is C13H20O5. The van der Waals surface area contributed by atoms with E-state index in [4.69, 9.17) is 4.74 Å². The van der Waals surface area contributed by atoms with Gasteiger partial charge in [-0.2, -0.15) is 0 Å². The van der Waals surface area contributed by atoms with E-state index >= 15 is 0 Å². The van der Waals surface area contributed by atoms with Crippen LogP contribution in [0.2, 0.25) is 0 Å². The fraction of sp³-hybridized carbons (Fsp3) is 0.692. The molecule has 0 atom stereocenters. The maximum atomic E-state index is 11.5. The summed E-state index contributed by atoms with van der Waals surface area (Å²) in [5.41, 5.74) is -0.0131. The summed E-state index contributed by atoms with van der Waals surface area (Å²) in [7, 11) is 4.21. The summed E-state index contributed by atoms with van der Waals surface area (Å²) in [4.78, 5) is 23.0. The minimum absolute atomic E-state index is 0.0131. The molecule has 5 nitrogen and oxygen atoms in total. The lowest BCUT2D eigenvalue weighted by Crippen LogP contribution is -2.22. The molecule has 0 radical (unpaired) electrons. The number of methoxy groups -OCH3 is 3. The first-order chi connectivity index (χ1) is 8.62. The molecular weight excluding hydrogens is 236 g/mol. The molecule has 1 saturated carbocycles. The highest BCUT2D eigenvalue weighted by Crippen LogP contribution is 2.27. The van der Waals surface area contributed by atoms with Crippen LogP contribution in [0.3, 0.4) is 0 Å². The molecule has 0 spiro atoms. The van der Waals surface area contributed by atoms with Gasteiger partial charge >= 0.3 is 11.9 Å². The Balaban J connectivity index is 2.71. The minimum Gasteiger partial charge on any atom is -0.465 e. The number of rotatable bonds is 4. The summed E-state index contributed by atoms with van der Waals surface area (Å²) in [6.45, 7) is 0. The van der Waals surface area contributed by atoms with E-state index in [-0.39, 0.29) is 17.6 Å². The van der Waals surface area contributed by atoms with Crippen LogP contribution in [0, 0.1) is 5.92 Å². The smallest absolute Gasteiger partial charge is 0.344 e. The highest BCUT2D eigenvalue weighted by Gasteiger charge is 2.25. The molecule has 1 aliphatic carbocycles. The van der Waals surface area contributed by atoms with Gasteiger partial charge in [0.15, 0.2) is 0 Å². The fourth-order valence-electron chi connectivity index (χ4n) is 2.17. The van der Waals surface area contributed by atoms with Crippen LogP contribution in [-0.4, -0.2) is 39.4 Å². The number of carbonyl (C=O) groups is 2. The quantitative estimate of drug-likeness (QED) is 0.330. The molecule has 0 bridgehead atoms. The Hall–Kier alpha value is -1.36. The largest absolute Gasteiger partial charge is 0.465 e. The van der Waals surface area contributed by atoms with E-state index in [0.717, 1.165) is 25.7 Å². The lowest BCUT2D eigenvalue weighted by Gasteiger charge is -2.25. The number of ether oxygens (including phenoxy) is 3. The van der Waals surface area contributed by atoms with Gasteiger partial charge in [-0.05, 0) is 31.6 Å². The lowest BCUT2D eigenvalue weighted by atomic mass is 9.86. The van der Waals surface area contributed by atoms with E-state index in [1.54, 1.807) is 13.2 Å². The first kappa shape index (κ1) is 14.7. The van der Waals surface area contributed by atoms with Gasteiger partial charge in [0.2, 0.25) is 0 Å². The third-order valence-corrected chi connectivity index (χ3v) is 3.27. The maximum Gasteiger partial charge on any atom is 0.344 e. The van der Waals surface area contributed by atoms with E-state index < -0.39 is 11.9 Å². The minimum atomic E-state index is -0.643. The van der Waals surface area contributed by atoms with E-state index in [0.29, 0.717) is 0 Å². The van der Waals surface area contributed by atoms with Gasteiger partial charge in [-0.1, -0.05) is 6.08 Å². The van der Waals surface area contributed by atoms with Crippen LogP contribution in [0.15, 0.2) is 11.6 Å². The van der Waals surface area contributed by atoms with Gasteiger partial charge in [0.05, 0.1) is 20.3 Å². The van der Waals surface area contributed by atoms with Gasteiger partial charge < -0.3 is 14.2 Å². The second kappa shape index (κ2) is 7.16.